The molecule has 0 saturated carbocycles. The van der Waals surface area contributed by atoms with E-state index < -0.39 is 15.9 Å². The molecule has 0 spiro atoms. The van der Waals surface area contributed by atoms with Crippen LogP contribution < -0.4 is 0 Å². The van der Waals surface area contributed by atoms with E-state index in [2.05, 4.69) is 4.98 Å². The summed E-state index contributed by atoms with van der Waals surface area (Å²) in [5.74, 6) is 0.256. The molecular weight excluding hydrogens is 270 g/mol. The van der Waals surface area contributed by atoms with Crippen molar-refractivity contribution in [3.05, 3.63) is 15.5 Å². The second-order valence-electron chi connectivity index (χ2n) is 3.40. The first-order valence-electron chi connectivity index (χ1n) is 4.94. The molecule has 0 amide bonds. The highest BCUT2D eigenvalue weighted by atomic mass is 35.5. The van der Waals surface area contributed by atoms with Gasteiger partial charge in [-0.1, -0.05) is 18.5 Å². The third kappa shape index (κ3) is 4.37. The van der Waals surface area contributed by atoms with Gasteiger partial charge in [-0.05, 0) is 12.8 Å². The zero-order valence-corrected chi connectivity index (χ0v) is 11.3. The van der Waals surface area contributed by atoms with Crippen LogP contribution in [0.25, 0.3) is 0 Å². The molecule has 1 atom stereocenters. The summed E-state index contributed by atoms with van der Waals surface area (Å²) in [6.45, 7) is 1.62. The van der Waals surface area contributed by atoms with E-state index in [1.165, 1.54) is 17.5 Å². The van der Waals surface area contributed by atoms with E-state index in [0.29, 0.717) is 22.2 Å². The molecule has 92 valence electrons. The minimum absolute atomic E-state index is 0.111. The Morgan fingerprint density at radius 1 is 1.62 bits per heavy atom. The molecule has 1 aromatic heterocycles. The van der Waals surface area contributed by atoms with Crippen molar-refractivity contribution in [2.75, 3.05) is 11.5 Å². The van der Waals surface area contributed by atoms with Gasteiger partial charge >= 0.3 is 0 Å². The van der Waals surface area contributed by atoms with E-state index in [-0.39, 0.29) is 11.5 Å². The van der Waals surface area contributed by atoms with Gasteiger partial charge in [0, 0.05) is 5.75 Å². The summed E-state index contributed by atoms with van der Waals surface area (Å²) in [5.41, 5.74) is 0. The van der Waals surface area contributed by atoms with E-state index in [0.717, 1.165) is 0 Å². The van der Waals surface area contributed by atoms with Crippen LogP contribution in [-0.2, 0) is 9.84 Å². The minimum atomic E-state index is -2.95. The summed E-state index contributed by atoms with van der Waals surface area (Å²) in [7, 11) is -2.95. The van der Waals surface area contributed by atoms with Crippen LogP contribution in [0.1, 0.15) is 30.9 Å². The Labute approximate surface area is 104 Å². The Kier molecular flexibility index (Phi) is 5.17. The number of thiazole rings is 1. The molecule has 1 heterocycles. The van der Waals surface area contributed by atoms with E-state index in [4.69, 9.17) is 11.6 Å². The molecule has 1 aromatic rings. The molecule has 0 aliphatic rings. The average molecular weight is 284 g/mol. The summed E-state index contributed by atoms with van der Waals surface area (Å²) in [6, 6.07) is 0. The Bertz CT molecular complexity index is 430. The molecule has 16 heavy (non-hydrogen) atoms. The van der Waals surface area contributed by atoms with Gasteiger partial charge in [0.1, 0.15) is 25.3 Å². The largest absolute Gasteiger partial charge is 0.386 e. The molecule has 0 bridgehead atoms. The number of aromatic nitrogens is 1. The molecule has 1 N–H and O–H groups in total. The smallest absolute Gasteiger partial charge is 0.150 e. The molecule has 1 rings (SSSR count). The highest BCUT2D eigenvalue weighted by molar-refractivity contribution is 7.91. The first-order chi connectivity index (χ1) is 7.44. The van der Waals surface area contributed by atoms with Crippen LogP contribution in [-0.4, -0.2) is 30.0 Å². The summed E-state index contributed by atoms with van der Waals surface area (Å²) >= 11 is 6.90. The fraction of sp³-hybridized carbons (Fsp3) is 0.667. The second-order valence-corrected chi connectivity index (χ2v) is 7.56. The third-order valence-electron chi connectivity index (χ3n) is 2.15. The third-order valence-corrected chi connectivity index (χ3v) is 5.16. The van der Waals surface area contributed by atoms with Gasteiger partial charge in [-0.15, -0.1) is 11.3 Å². The summed E-state index contributed by atoms with van der Waals surface area (Å²) in [4.78, 5) is 3.94. The molecule has 0 aliphatic heterocycles. The van der Waals surface area contributed by atoms with Crippen LogP contribution in [0.5, 0.6) is 0 Å². The molecule has 0 radical (unpaired) electrons. The quantitative estimate of drug-likeness (QED) is 0.868. The standard InChI is InChI=1S/C9H14ClNO3S2/c1-2-16(13,14)5-3-4-7(12)9-11-6-8(10)15-9/h6-7,12H,2-5H2,1H3. The lowest BCUT2D eigenvalue weighted by Crippen LogP contribution is -2.09. The van der Waals surface area contributed by atoms with Crippen molar-refractivity contribution in [2.24, 2.45) is 0 Å². The lowest BCUT2D eigenvalue weighted by molar-refractivity contribution is 0.166. The normalized spacial score (nSPS) is 13.9. The predicted octanol–water partition coefficient (Wildman–Crippen LogP) is 2.04. The second kappa shape index (κ2) is 5.95. The van der Waals surface area contributed by atoms with Crippen molar-refractivity contribution in [3.63, 3.8) is 0 Å². The lowest BCUT2D eigenvalue weighted by Gasteiger charge is -2.06. The van der Waals surface area contributed by atoms with Crippen LogP contribution in [0.3, 0.4) is 0 Å². The number of rotatable bonds is 6. The highest BCUT2D eigenvalue weighted by Gasteiger charge is 2.14. The predicted molar refractivity (Wildman–Crippen MR) is 65.6 cm³/mol. The molecule has 0 aliphatic carbocycles. The van der Waals surface area contributed by atoms with Gasteiger partial charge in [0.2, 0.25) is 0 Å². The van der Waals surface area contributed by atoms with Crippen LogP contribution in [0.4, 0.5) is 0 Å². The molecule has 1 unspecified atom stereocenters. The summed E-state index contributed by atoms with van der Waals surface area (Å²) in [6.07, 6.45) is 1.59. The van der Waals surface area contributed by atoms with E-state index in [1.807, 2.05) is 0 Å². The Morgan fingerprint density at radius 3 is 2.81 bits per heavy atom. The molecule has 0 aromatic carbocycles. The van der Waals surface area contributed by atoms with Crippen LogP contribution in [0, 0.1) is 0 Å². The first-order valence-corrected chi connectivity index (χ1v) is 7.96. The maximum absolute atomic E-state index is 11.2. The fourth-order valence-corrected chi connectivity index (χ4v) is 3.03. The van der Waals surface area contributed by atoms with Crippen molar-refractivity contribution in [2.45, 2.75) is 25.9 Å². The van der Waals surface area contributed by atoms with Crippen LogP contribution in [0.2, 0.25) is 4.34 Å². The molecule has 7 heteroatoms. The number of aliphatic hydroxyl groups is 1. The fourth-order valence-electron chi connectivity index (χ4n) is 1.19. The summed E-state index contributed by atoms with van der Waals surface area (Å²) in [5, 5.41) is 10.2. The topological polar surface area (TPSA) is 67.3 Å². The van der Waals surface area contributed by atoms with Gasteiger partial charge in [-0.3, -0.25) is 0 Å². The van der Waals surface area contributed by atoms with Gasteiger partial charge in [-0.2, -0.15) is 0 Å². The maximum atomic E-state index is 11.2. The maximum Gasteiger partial charge on any atom is 0.150 e. The van der Waals surface area contributed by atoms with E-state index >= 15 is 0 Å². The Hall–Kier alpha value is -0.170. The van der Waals surface area contributed by atoms with Gasteiger partial charge < -0.3 is 5.11 Å². The lowest BCUT2D eigenvalue weighted by atomic mass is 10.2. The number of aliphatic hydroxyl groups excluding tert-OH is 1. The van der Waals surface area contributed by atoms with Gasteiger partial charge in [0.25, 0.3) is 0 Å². The van der Waals surface area contributed by atoms with Gasteiger partial charge in [0.05, 0.1) is 11.9 Å². The number of halogens is 1. The van der Waals surface area contributed by atoms with Crippen molar-refractivity contribution >= 4 is 32.8 Å². The number of nitrogens with zero attached hydrogens (tertiary/aromatic N) is 1. The summed E-state index contributed by atoms with van der Waals surface area (Å²) < 4.78 is 22.9. The number of sulfone groups is 1. The zero-order chi connectivity index (χ0) is 12.2. The minimum Gasteiger partial charge on any atom is -0.386 e. The SMILES string of the molecule is CCS(=O)(=O)CCCC(O)c1ncc(Cl)s1. The molecule has 0 saturated heterocycles. The Balaban J connectivity index is 2.39. The van der Waals surface area contributed by atoms with E-state index in [1.54, 1.807) is 6.92 Å². The molecule has 4 nitrogen and oxygen atoms in total. The molecular formula is C9H14ClNO3S2. The van der Waals surface area contributed by atoms with Gasteiger partial charge in [-0.25, -0.2) is 13.4 Å². The highest BCUT2D eigenvalue weighted by Crippen LogP contribution is 2.26. The number of hydrogen-bond acceptors (Lipinski definition) is 5. The van der Waals surface area contributed by atoms with Crippen molar-refractivity contribution in [1.82, 2.24) is 4.98 Å². The Morgan fingerprint density at radius 2 is 2.31 bits per heavy atom. The molecule has 0 fully saturated rings. The van der Waals surface area contributed by atoms with Crippen LogP contribution >= 0.6 is 22.9 Å². The van der Waals surface area contributed by atoms with Crippen LogP contribution in [0.15, 0.2) is 6.20 Å². The zero-order valence-electron chi connectivity index (χ0n) is 8.89. The van der Waals surface area contributed by atoms with Gasteiger partial charge in [0.15, 0.2) is 0 Å². The number of hydrogen-bond donors (Lipinski definition) is 1. The van der Waals surface area contributed by atoms with Crippen molar-refractivity contribution in [3.8, 4) is 0 Å². The monoisotopic (exact) mass is 283 g/mol. The van der Waals surface area contributed by atoms with E-state index in [9.17, 15) is 13.5 Å². The first kappa shape index (κ1) is 13.9. The average Bonchev–Trinajstić information content (AvgIpc) is 2.64. The van der Waals surface area contributed by atoms with Crippen molar-refractivity contribution in [1.29, 1.82) is 0 Å². The van der Waals surface area contributed by atoms with Crippen molar-refractivity contribution < 1.29 is 13.5 Å².